The van der Waals surface area contributed by atoms with E-state index in [0.717, 1.165) is 29.9 Å². The van der Waals surface area contributed by atoms with Crippen molar-refractivity contribution in [3.63, 3.8) is 0 Å². The van der Waals surface area contributed by atoms with Crippen molar-refractivity contribution in [3.8, 4) is 5.69 Å². The van der Waals surface area contributed by atoms with Crippen LogP contribution in [0.15, 0.2) is 77.1 Å². The first kappa shape index (κ1) is 22.2. The molecule has 0 radical (unpaired) electrons. The molecule has 1 N–H and O–H groups in total. The van der Waals surface area contributed by atoms with Gasteiger partial charge in [-0.3, -0.25) is 9.47 Å². The molecule has 1 aliphatic heterocycles. The molecular weight excluding hydrogens is 450 g/mol. The fraction of sp³-hybridized carbons (Fsp3) is 0.280. The summed E-state index contributed by atoms with van der Waals surface area (Å²) in [5.74, 6) is 0.692. The molecule has 1 aliphatic carbocycles. The van der Waals surface area contributed by atoms with Crippen LogP contribution in [0.25, 0.3) is 5.69 Å². The molecule has 0 saturated heterocycles. The zero-order valence-corrected chi connectivity index (χ0v) is 19.8. The maximum atomic E-state index is 13.2. The Morgan fingerprint density at radius 3 is 2.41 bits per heavy atom. The zero-order valence-electron chi connectivity index (χ0n) is 19.0. The van der Waals surface area contributed by atoms with Crippen LogP contribution in [0.5, 0.6) is 0 Å². The summed E-state index contributed by atoms with van der Waals surface area (Å²) in [5, 5.41) is 12.3. The molecular formula is C25H25N5O3S. The minimum Gasteiger partial charge on any atom is -0.466 e. The second kappa shape index (κ2) is 9.34. The van der Waals surface area contributed by atoms with E-state index in [0.29, 0.717) is 22.2 Å². The highest BCUT2D eigenvalue weighted by Crippen LogP contribution is 2.40. The molecule has 3 aromatic rings. The summed E-state index contributed by atoms with van der Waals surface area (Å²) < 4.78 is 7.16. The Labute approximate surface area is 202 Å². The van der Waals surface area contributed by atoms with Gasteiger partial charge >= 0.3 is 12.0 Å². The number of thioether (sulfide) groups is 1. The third-order valence-electron chi connectivity index (χ3n) is 5.97. The van der Waals surface area contributed by atoms with Gasteiger partial charge in [-0.25, -0.2) is 9.59 Å². The number of esters is 1. The van der Waals surface area contributed by atoms with E-state index in [2.05, 4.69) is 15.5 Å². The molecule has 1 fully saturated rings. The first-order chi connectivity index (χ1) is 16.6. The molecule has 1 saturated carbocycles. The van der Waals surface area contributed by atoms with E-state index in [1.54, 1.807) is 4.90 Å². The molecule has 1 atom stereocenters. The predicted octanol–water partition coefficient (Wildman–Crippen LogP) is 4.02. The van der Waals surface area contributed by atoms with Crippen LogP contribution in [-0.2, 0) is 9.53 Å². The van der Waals surface area contributed by atoms with Gasteiger partial charge in [-0.15, -0.1) is 10.2 Å². The third-order valence-corrected chi connectivity index (χ3v) is 6.91. The van der Waals surface area contributed by atoms with Crippen molar-refractivity contribution in [3.05, 3.63) is 83.3 Å². The summed E-state index contributed by atoms with van der Waals surface area (Å²) >= 11 is 1.45. The number of rotatable bonds is 7. The molecule has 2 amide bonds. The number of aryl methyl sites for hydroxylation is 1. The SMILES string of the molecule is COC(=O)C1=C(CSc2nnc(C)n2-c2ccccc2)N(C2CC2)C(=O)NC1c1ccccc1. The Hall–Kier alpha value is -3.59. The summed E-state index contributed by atoms with van der Waals surface area (Å²) in [5.41, 5.74) is 2.90. The average Bonchev–Trinajstić information content (AvgIpc) is 3.64. The third kappa shape index (κ3) is 4.19. The van der Waals surface area contributed by atoms with E-state index in [4.69, 9.17) is 4.74 Å². The number of hydrogen-bond acceptors (Lipinski definition) is 6. The molecule has 34 heavy (non-hydrogen) atoms. The molecule has 2 aliphatic rings. The summed E-state index contributed by atoms with van der Waals surface area (Å²) in [6, 6.07) is 18.7. The number of carbonyl (C=O) groups excluding carboxylic acids is 2. The van der Waals surface area contributed by atoms with Gasteiger partial charge in [0.05, 0.1) is 18.7 Å². The summed E-state index contributed by atoms with van der Waals surface area (Å²) in [7, 11) is 1.37. The molecule has 1 aromatic heterocycles. The molecule has 174 valence electrons. The van der Waals surface area contributed by atoms with Crippen LogP contribution in [0, 0.1) is 6.92 Å². The maximum absolute atomic E-state index is 13.2. The van der Waals surface area contributed by atoms with E-state index >= 15 is 0 Å². The van der Waals surface area contributed by atoms with E-state index in [1.165, 1.54) is 18.9 Å². The summed E-state index contributed by atoms with van der Waals surface area (Å²) in [6.45, 7) is 1.90. The fourth-order valence-electron chi connectivity index (χ4n) is 4.24. The molecule has 0 bridgehead atoms. The van der Waals surface area contributed by atoms with Gasteiger partial charge < -0.3 is 10.1 Å². The second-order valence-corrected chi connectivity index (χ2v) is 9.18. The number of methoxy groups -OCH3 is 1. The molecule has 0 spiro atoms. The Kier molecular flexibility index (Phi) is 6.10. The molecule has 8 nitrogen and oxygen atoms in total. The topological polar surface area (TPSA) is 89.3 Å². The Morgan fingerprint density at radius 2 is 1.76 bits per heavy atom. The number of urea groups is 1. The van der Waals surface area contributed by atoms with Crippen LogP contribution >= 0.6 is 11.8 Å². The number of para-hydroxylation sites is 1. The smallest absolute Gasteiger partial charge is 0.338 e. The highest BCUT2D eigenvalue weighted by atomic mass is 32.2. The summed E-state index contributed by atoms with van der Waals surface area (Å²) in [6.07, 6.45) is 1.82. The van der Waals surface area contributed by atoms with Gasteiger partial charge in [-0.2, -0.15) is 0 Å². The van der Waals surface area contributed by atoms with Gasteiger partial charge in [-0.1, -0.05) is 60.3 Å². The van der Waals surface area contributed by atoms with Crippen LogP contribution in [-0.4, -0.2) is 50.6 Å². The van der Waals surface area contributed by atoms with Gasteiger partial charge in [0.15, 0.2) is 5.16 Å². The number of amides is 2. The van der Waals surface area contributed by atoms with Crippen LogP contribution in [0.1, 0.15) is 30.3 Å². The quantitative estimate of drug-likeness (QED) is 0.410. The standard InChI is InChI=1S/C25H25N5O3S/c1-16-27-28-25(29(16)18-11-7-4-8-12-18)34-15-20-21(23(31)33-2)22(17-9-5-3-6-10-17)26-24(32)30(20)19-13-14-19/h3-12,19,22H,13-15H2,1-2H3,(H,26,32). The second-order valence-electron chi connectivity index (χ2n) is 8.24. The Morgan fingerprint density at radius 1 is 1.09 bits per heavy atom. The molecule has 9 heteroatoms. The van der Waals surface area contributed by atoms with Gasteiger partial charge in [-0.05, 0) is 37.5 Å². The van der Waals surface area contributed by atoms with Crippen molar-refractivity contribution in [2.75, 3.05) is 12.9 Å². The number of aromatic nitrogens is 3. The predicted molar refractivity (Wildman–Crippen MR) is 128 cm³/mol. The monoisotopic (exact) mass is 475 g/mol. The summed E-state index contributed by atoms with van der Waals surface area (Å²) in [4.78, 5) is 28.0. The van der Waals surface area contributed by atoms with Gasteiger partial charge in [0.1, 0.15) is 5.82 Å². The molecule has 5 rings (SSSR count). The van der Waals surface area contributed by atoms with Gasteiger partial charge in [0.2, 0.25) is 0 Å². The highest BCUT2D eigenvalue weighted by molar-refractivity contribution is 7.99. The maximum Gasteiger partial charge on any atom is 0.338 e. The first-order valence-electron chi connectivity index (χ1n) is 11.1. The van der Waals surface area contributed by atoms with Crippen LogP contribution in [0.3, 0.4) is 0 Å². The van der Waals surface area contributed by atoms with E-state index in [1.807, 2.05) is 72.2 Å². The van der Waals surface area contributed by atoms with Crippen molar-refractivity contribution in [2.45, 2.75) is 37.0 Å². The van der Waals surface area contributed by atoms with Crippen molar-refractivity contribution < 1.29 is 14.3 Å². The fourth-order valence-corrected chi connectivity index (χ4v) is 5.26. The molecule has 2 aromatic carbocycles. The van der Waals surface area contributed by atoms with Crippen molar-refractivity contribution in [2.24, 2.45) is 0 Å². The zero-order chi connectivity index (χ0) is 23.7. The molecule has 1 unspecified atom stereocenters. The van der Waals surface area contributed by atoms with Crippen molar-refractivity contribution in [1.82, 2.24) is 25.0 Å². The van der Waals surface area contributed by atoms with E-state index < -0.39 is 12.0 Å². The number of nitrogens with zero attached hydrogens (tertiary/aromatic N) is 4. The van der Waals surface area contributed by atoms with Crippen molar-refractivity contribution >= 4 is 23.8 Å². The highest BCUT2D eigenvalue weighted by Gasteiger charge is 2.44. The lowest BCUT2D eigenvalue weighted by molar-refractivity contribution is -0.136. The number of benzene rings is 2. The Bertz CT molecular complexity index is 1240. The lowest BCUT2D eigenvalue weighted by Crippen LogP contribution is -2.50. The number of carbonyl (C=O) groups is 2. The lowest BCUT2D eigenvalue weighted by atomic mass is 9.95. The Balaban J connectivity index is 1.56. The van der Waals surface area contributed by atoms with Crippen LogP contribution in [0.2, 0.25) is 0 Å². The number of hydrogen-bond donors (Lipinski definition) is 1. The van der Waals surface area contributed by atoms with Gasteiger partial charge in [0.25, 0.3) is 0 Å². The number of nitrogens with one attached hydrogen (secondary N) is 1. The lowest BCUT2D eigenvalue weighted by Gasteiger charge is -2.36. The van der Waals surface area contributed by atoms with Crippen LogP contribution < -0.4 is 5.32 Å². The van der Waals surface area contributed by atoms with Crippen LogP contribution in [0.4, 0.5) is 4.79 Å². The first-order valence-corrected chi connectivity index (χ1v) is 12.1. The average molecular weight is 476 g/mol. The normalized spacial score (nSPS) is 18.1. The minimum absolute atomic E-state index is 0.0840. The minimum atomic E-state index is -0.583. The largest absolute Gasteiger partial charge is 0.466 e. The van der Waals surface area contributed by atoms with E-state index in [9.17, 15) is 9.59 Å². The van der Waals surface area contributed by atoms with E-state index in [-0.39, 0.29) is 12.1 Å². The van der Waals surface area contributed by atoms with Gasteiger partial charge in [0, 0.05) is 23.2 Å². The van der Waals surface area contributed by atoms with Crippen molar-refractivity contribution in [1.29, 1.82) is 0 Å². The molecule has 2 heterocycles. The number of ether oxygens (including phenoxy) is 1.